The molecule has 94 valence electrons. The van der Waals surface area contributed by atoms with Crippen molar-refractivity contribution in [2.24, 2.45) is 0 Å². The number of nitrogens with one attached hydrogen (secondary N) is 3. The highest BCUT2D eigenvalue weighted by molar-refractivity contribution is 5.94. The fourth-order valence-electron chi connectivity index (χ4n) is 1.89. The van der Waals surface area contributed by atoms with Crippen LogP contribution < -0.4 is 10.6 Å². The summed E-state index contributed by atoms with van der Waals surface area (Å²) in [6.07, 6.45) is 1.97. The molecule has 1 fully saturated rings. The minimum atomic E-state index is -0.0650. The van der Waals surface area contributed by atoms with Gasteiger partial charge < -0.3 is 10.6 Å². The summed E-state index contributed by atoms with van der Waals surface area (Å²) in [6.45, 7) is 7.23. The Kier molecular flexibility index (Phi) is 3.19. The summed E-state index contributed by atoms with van der Waals surface area (Å²) in [6, 6.07) is 1.83. The Labute approximate surface area is 101 Å². The molecule has 2 heterocycles. The molecule has 5 nitrogen and oxygen atoms in total. The lowest BCUT2D eigenvalue weighted by Crippen LogP contribution is -2.35. The number of hydrogen-bond donors (Lipinski definition) is 3. The molecule has 1 aromatic rings. The first-order valence-corrected chi connectivity index (χ1v) is 6.07. The van der Waals surface area contributed by atoms with E-state index in [2.05, 4.69) is 41.6 Å². The number of aromatic nitrogens is 2. The topological polar surface area (TPSA) is 69.8 Å². The van der Waals surface area contributed by atoms with Gasteiger partial charge in [0.25, 0.3) is 0 Å². The van der Waals surface area contributed by atoms with Gasteiger partial charge in [-0.05, 0) is 19.4 Å². The van der Waals surface area contributed by atoms with Crippen molar-refractivity contribution in [3.05, 3.63) is 11.8 Å². The highest BCUT2D eigenvalue weighted by Crippen LogP contribution is 2.22. The highest BCUT2D eigenvalue weighted by atomic mass is 16.2. The van der Waals surface area contributed by atoms with Gasteiger partial charge in [-0.25, -0.2) is 0 Å². The van der Waals surface area contributed by atoms with Gasteiger partial charge in [0.05, 0.1) is 6.04 Å². The van der Waals surface area contributed by atoms with Crippen LogP contribution in [0.2, 0.25) is 0 Å². The van der Waals surface area contributed by atoms with E-state index >= 15 is 0 Å². The maximum Gasteiger partial charge on any atom is 0.242 e. The average Bonchev–Trinajstić information content (AvgIpc) is 2.85. The predicted molar refractivity (Wildman–Crippen MR) is 66.9 cm³/mol. The van der Waals surface area contributed by atoms with Crippen LogP contribution in [0.25, 0.3) is 0 Å². The summed E-state index contributed by atoms with van der Waals surface area (Å²) < 4.78 is 0. The van der Waals surface area contributed by atoms with Gasteiger partial charge in [-0.2, -0.15) is 5.10 Å². The van der Waals surface area contributed by atoms with E-state index in [1.807, 2.05) is 6.07 Å². The zero-order chi connectivity index (χ0) is 12.5. The largest absolute Gasteiger partial charge is 0.308 e. The van der Waals surface area contributed by atoms with Crippen molar-refractivity contribution in [3.63, 3.8) is 0 Å². The van der Waals surface area contributed by atoms with Crippen molar-refractivity contribution in [2.75, 3.05) is 11.9 Å². The zero-order valence-corrected chi connectivity index (χ0v) is 10.6. The normalized spacial score (nSPS) is 20.5. The van der Waals surface area contributed by atoms with E-state index in [-0.39, 0.29) is 17.4 Å². The monoisotopic (exact) mass is 236 g/mol. The Morgan fingerprint density at radius 1 is 1.53 bits per heavy atom. The number of hydrogen-bond acceptors (Lipinski definition) is 3. The van der Waals surface area contributed by atoms with E-state index in [9.17, 15) is 4.79 Å². The van der Waals surface area contributed by atoms with E-state index in [1.165, 1.54) is 0 Å². The minimum Gasteiger partial charge on any atom is -0.308 e. The lowest BCUT2D eigenvalue weighted by Gasteiger charge is -2.14. The molecule has 0 aromatic carbocycles. The van der Waals surface area contributed by atoms with Crippen LogP contribution in [0.1, 0.15) is 39.3 Å². The third-order valence-electron chi connectivity index (χ3n) is 3.01. The van der Waals surface area contributed by atoms with Gasteiger partial charge in [0, 0.05) is 17.2 Å². The number of carbonyl (C=O) groups excluding carboxylic acids is 1. The molecule has 0 unspecified atom stereocenters. The van der Waals surface area contributed by atoms with Crippen molar-refractivity contribution in [1.29, 1.82) is 0 Å². The van der Waals surface area contributed by atoms with Gasteiger partial charge in [0.15, 0.2) is 5.82 Å². The molecular formula is C12H20N4O. The Hall–Kier alpha value is -1.36. The van der Waals surface area contributed by atoms with Crippen LogP contribution >= 0.6 is 0 Å². The molecule has 3 N–H and O–H groups in total. The molecule has 0 saturated carbocycles. The Bertz CT molecular complexity index is 399. The van der Waals surface area contributed by atoms with E-state index in [0.29, 0.717) is 5.82 Å². The quantitative estimate of drug-likeness (QED) is 0.727. The van der Waals surface area contributed by atoms with Crippen LogP contribution in [0.4, 0.5) is 5.82 Å². The molecule has 0 spiro atoms. The maximum atomic E-state index is 11.8. The van der Waals surface area contributed by atoms with Gasteiger partial charge in [-0.15, -0.1) is 0 Å². The Morgan fingerprint density at radius 3 is 2.82 bits per heavy atom. The molecule has 0 radical (unpaired) electrons. The SMILES string of the molecule is CC(C)(C)c1cc(NC(=O)[C@H]2CCCN2)n[nH]1. The number of rotatable bonds is 2. The number of nitrogens with zero attached hydrogens (tertiary/aromatic N) is 1. The van der Waals surface area contributed by atoms with Crippen molar-refractivity contribution < 1.29 is 4.79 Å². The third kappa shape index (κ3) is 2.85. The number of anilines is 1. The fraction of sp³-hybridized carbons (Fsp3) is 0.667. The van der Waals surface area contributed by atoms with Crippen LogP contribution in [0.5, 0.6) is 0 Å². The number of aromatic amines is 1. The van der Waals surface area contributed by atoms with Crippen molar-refractivity contribution >= 4 is 11.7 Å². The lowest BCUT2D eigenvalue weighted by molar-refractivity contribution is -0.117. The second kappa shape index (κ2) is 4.49. The van der Waals surface area contributed by atoms with Crippen LogP contribution in [0, 0.1) is 0 Å². The molecule has 17 heavy (non-hydrogen) atoms. The standard InChI is InChI=1S/C12H20N4O/c1-12(2,3)9-7-10(16-15-9)14-11(17)8-5-4-6-13-8/h7-8,13H,4-6H2,1-3H3,(H2,14,15,16,17)/t8-/m1/s1. The average molecular weight is 236 g/mol. The summed E-state index contributed by atoms with van der Waals surface area (Å²) in [5.74, 6) is 0.614. The molecular weight excluding hydrogens is 216 g/mol. The van der Waals surface area contributed by atoms with Crippen LogP contribution in [-0.2, 0) is 10.2 Å². The van der Waals surface area contributed by atoms with Crippen molar-refractivity contribution in [2.45, 2.75) is 45.1 Å². The molecule has 2 rings (SSSR count). The summed E-state index contributed by atoms with van der Waals surface area (Å²) >= 11 is 0. The molecule has 0 bridgehead atoms. The van der Waals surface area contributed by atoms with E-state index in [1.54, 1.807) is 0 Å². The van der Waals surface area contributed by atoms with Crippen LogP contribution in [-0.4, -0.2) is 28.7 Å². The van der Waals surface area contributed by atoms with Crippen molar-refractivity contribution in [3.8, 4) is 0 Å². The Balaban J connectivity index is 1.99. The smallest absolute Gasteiger partial charge is 0.242 e. The van der Waals surface area contributed by atoms with Gasteiger partial charge in [-0.1, -0.05) is 20.8 Å². The molecule has 0 aliphatic carbocycles. The van der Waals surface area contributed by atoms with Crippen molar-refractivity contribution in [1.82, 2.24) is 15.5 Å². The molecule has 1 amide bonds. The molecule has 5 heteroatoms. The summed E-state index contributed by atoms with van der Waals surface area (Å²) in [4.78, 5) is 11.8. The van der Waals surface area contributed by atoms with Gasteiger partial charge >= 0.3 is 0 Å². The number of H-pyrrole nitrogens is 1. The van der Waals surface area contributed by atoms with Gasteiger partial charge in [0.2, 0.25) is 5.91 Å². The zero-order valence-electron chi connectivity index (χ0n) is 10.6. The first kappa shape index (κ1) is 12.1. The lowest BCUT2D eigenvalue weighted by atomic mass is 9.92. The molecule has 1 aliphatic heterocycles. The van der Waals surface area contributed by atoms with E-state index in [0.717, 1.165) is 25.1 Å². The number of carbonyl (C=O) groups is 1. The van der Waals surface area contributed by atoms with Crippen LogP contribution in [0.15, 0.2) is 6.07 Å². The predicted octanol–water partition coefficient (Wildman–Crippen LogP) is 1.40. The van der Waals surface area contributed by atoms with Gasteiger partial charge in [0.1, 0.15) is 0 Å². The van der Waals surface area contributed by atoms with E-state index in [4.69, 9.17) is 0 Å². The third-order valence-corrected chi connectivity index (χ3v) is 3.01. The van der Waals surface area contributed by atoms with E-state index < -0.39 is 0 Å². The molecule has 1 aromatic heterocycles. The highest BCUT2D eigenvalue weighted by Gasteiger charge is 2.23. The first-order chi connectivity index (χ1) is 7.97. The maximum absolute atomic E-state index is 11.8. The Morgan fingerprint density at radius 2 is 2.29 bits per heavy atom. The van der Waals surface area contributed by atoms with Gasteiger partial charge in [-0.3, -0.25) is 9.89 Å². The fourth-order valence-corrected chi connectivity index (χ4v) is 1.89. The molecule has 1 atom stereocenters. The second-order valence-corrected chi connectivity index (χ2v) is 5.56. The van der Waals surface area contributed by atoms with Crippen LogP contribution in [0.3, 0.4) is 0 Å². The summed E-state index contributed by atoms with van der Waals surface area (Å²) in [5.41, 5.74) is 1.04. The second-order valence-electron chi connectivity index (χ2n) is 5.56. The molecule has 1 saturated heterocycles. The number of amides is 1. The summed E-state index contributed by atoms with van der Waals surface area (Å²) in [7, 11) is 0. The molecule has 1 aliphatic rings. The minimum absolute atomic E-state index is 0.00876. The first-order valence-electron chi connectivity index (χ1n) is 6.07. The summed E-state index contributed by atoms with van der Waals surface area (Å²) in [5, 5.41) is 13.1.